The van der Waals surface area contributed by atoms with E-state index in [9.17, 15) is 9.18 Å². The summed E-state index contributed by atoms with van der Waals surface area (Å²) in [5, 5.41) is 2.89. The quantitative estimate of drug-likeness (QED) is 0.942. The van der Waals surface area contributed by atoms with Crippen molar-refractivity contribution in [3.8, 4) is 11.5 Å². The molecule has 0 saturated heterocycles. The van der Waals surface area contributed by atoms with E-state index in [1.54, 1.807) is 0 Å². The smallest absolute Gasteiger partial charge is 0.258 e. The van der Waals surface area contributed by atoms with Crippen LogP contribution in [0.3, 0.4) is 0 Å². The van der Waals surface area contributed by atoms with Gasteiger partial charge in [0.1, 0.15) is 11.5 Å². The van der Waals surface area contributed by atoms with E-state index >= 15 is 0 Å². The molecule has 0 unspecified atom stereocenters. The zero-order valence-electron chi connectivity index (χ0n) is 11.3. The van der Waals surface area contributed by atoms with Gasteiger partial charge in [0, 0.05) is 18.3 Å². The van der Waals surface area contributed by atoms with E-state index in [1.165, 1.54) is 38.6 Å². The van der Waals surface area contributed by atoms with Crippen LogP contribution in [0.2, 0.25) is 5.02 Å². The predicted molar refractivity (Wildman–Crippen MR) is 76.7 cm³/mol. The summed E-state index contributed by atoms with van der Waals surface area (Å²) in [6, 6.07) is 4.28. The number of hydrogen-bond acceptors (Lipinski definition) is 4. The van der Waals surface area contributed by atoms with Crippen molar-refractivity contribution in [2.45, 2.75) is 0 Å². The lowest BCUT2D eigenvalue weighted by atomic mass is 10.2. The summed E-state index contributed by atoms with van der Waals surface area (Å²) in [4.78, 5) is 15.7. The summed E-state index contributed by atoms with van der Waals surface area (Å²) in [5.41, 5.74) is 0.195. The molecule has 0 saturated carbocycles. The largest absolute Gasteiger partial charge is 0.495 e. The number of methoxy groups -OCH3 is 2. The number of halogens is 2. The summed E-state index contributed by atoms with van der Waals surface area (Å²) in [6.45, 7) is 0. The van der Waals surface area contributed by atoms with Gasteiger partial charge in [-0.2, -0.15) is 0 Å². The molecule has 2 aromatic rings. The number of carbonyl (C=O) groups is 1. The Hall–Kier alpha value is -2.34. The maximum atomic E-state index is 13.5. The van der Waals surface area contributed by atoms with Crippen LogP contribution in [-0.2, 0) is 0 Å². The van der Waals surface area contributed by atoms with Crippen molar-refractivity contribution in [3.63, 3.8) is 0 Å². The van der Waals surface area contributed by atoms with Crippen LogP contribution >= 0.6 is 11.6 Å². The van der Waals surface area contributed by atoms with Crippen LogP contribution in [0.1, 0.15) is 10.4 Å². The second-order valence-electron chi connectivity index (χ2n) is 4.00. The number of ether oxygens (including phenoxy) is 2. The molecular weight excluding hydrogens is 299 g/mol. The summed E-state index contributed by atoms with van der Waals surface area (Å²) < 4.78 is 23.7. The average Bonchev–Trinajstić information content (AvgIpc) is 2.48. The van der Waals surface area contributed by atoms with Gasteiger partial charge in [0.15, 0.2) is 5.82 Å². The number of hydrogen-bond donors (Lipinski definition) is 1. The number of carbonyl (C=O) groups excluding carboxylic acids is 1. The first-order chi connectivity index (χ1) is 10.1. The Bertz CT molecular complexity index is 679. The number of aromatic nitrogens is 1. The first-order valence-corrected chi connectivity index (χ1v) is 6.27. The molecule has 0 radical (unpaired) electrons. The predicted octanol–water partition coefficient (Wildman–Crippen LogP) is 3.14. The highest BCUT2D eigenvalue weighted by molar-refractivity contribution is 6.32. The molecule has 0 atom stereocenters. The van der Waals surface area contributed by atoms with E-state index in [4.69, 9.17) is 21.1 Å². The minimum atomic E-state index is -0.713. The van der Waals surface area contributed by atoms with E-state index in [0.29, 0.717) is 22.2 Å². The second kappa shape index (κ2) is 6.41. The van der Waals surface area contributed by atoms with E-state index in [0.717, 1.165) is 6.20 Å². The Balaban J connectivity index is 2.35. The fourth-order valence-corrected chi connectivity index (χ4v) is 1.94. The van der Waals surface area contributed by atoms with E-state index < -0.39 is 11.7 Å². The Labute approximate surface area is 125 Å². The van der Waals surface area contributed by atoms with Crippen LogP contribution in [0.4, 0.5) is 10.1 Å². The number of pyridine rings is 1. The third kappa shape index (κ3) is 3.22. The highest BCUT2D eigenvalue weighted by atomic mass is 35.5. The third-order valence-corrected chi connectivity index (χ3v) is 3.03. The summed E-state index contributed by atoms with van der Waals surface area (Å²) in [7, 11) is 2.88. The second-order valence-corrected chi connectivity index (χ2v) is 4.40. The molecule has 0 aliphatic rings. The fraction of sp³-hybridized carbons (Fsp3) is 0.143. The number of nitrogens with zero attached hydrogens (tertiary/aromatic N) is 1. The van der Waals surface area contributed by atoms with E-state index in [2.05, 4.69) is 10.3 Å². The van der Waals surface area contributed by atoms with Crippen molar-refractivity contribution in [1.82, 2.24) is 4.98 Å². The highest BCUT2D eigenvalue weighted by Gasteiger charge is 2.16. The number of benzene rings is 1. The van der Waals surface area contributed by atoms with E-state index in [1.807, 2.05) is 0 Å². The molecule has 1 N–H and O–H groups in total. The monoisotopic (exact) mass is 310 g/mol. The summed E-state index contributed by atoms with van der Waals surface area (Å²) in [5.74, 6) is -0.640. The van der Waals surface area contributed by atoms with Gasteiger partial charge in [-0.3, -0.25) is 9.78 Å². The molecule has 0 fully saturated rings. The Morgan fingerprint density at radius 1 is 1.29 bits per heavy atom. The third-order valence-electron chi connectivity index (χ3n) is 2.74. The molecule has 2 rings (SSSR count). The molecule has 0 aliphatic heterocycles. The molecule has 1 aromatic heterocycles. The molecule has 1 aromatic carbocycles. The van der Waals surface area contributed by atoms with Gasteiger partial charge < -0.3 is 14.8 Å². The van der Waals surface area contributed by atoms with Crippen LogP contribution in [0.5, 0.6) is 11.5 Å². The highest BCUT2D eigenvalue weighted by Crippen LogP contribution is 2.36. The molecule has 5 nitrogen and oxygen atoms in total. The number of anilines is 1. The van der Waals surface area contributed by atoms with Crippen molar-refractivity contribution in [3.05, 3.63) is 47.0 Å². The molecule has 0 bridgehead atoms. The molecule has 1 amide bonds. The summed E-state index contributed by atoms with van der Waals surface area (Å²) >= 11 is 5.97. The molecule has 1 heterocycles. The van der Waals surface area contributed by atoms with Crippen LogP contribution in [0.15, 0.2) is 30.6 Å². The van der Waals surface area contributed by atoms with Gasteiger partial charge in [-0.15, -0.1) is 0 Å². The van der Waals surface area contributed by atoms with Crippen LogP contribution in [-0.4, -0.2) is 25.1 Å². The lowest BCUT2D eigenvalue weighted by Crippen LogP contribution is -2.14. The Kier molecular flexibility index (Phi) is 4.59. The van der Waals surface area contributed by atoms with Gasteiger partial charge in [-0.25, -0.2) is 4.39 Å². The Morgan fingerprint density at radius 2 is 2.00 bits per heavy atom. The zero-order chi connectivity index (χ0) is 15.4. The number of rotatable bonds is 4. The van der Waals surface area contributed by atoms with Gasteiger partial charge in [0.25, 0.3) is 5.91 Å². The van der Waals surface area contributed by atoms with Crippen molar-refractivity contribution in [2.75, 3.05) is 19.5 Å². The van der Waals surface area contributed by atoms with Gasteiger partial charge in [0.2, 0.25) is 0 Å². The van der Waals surface area contributed by atoms with E-state index in [-0.39, 0.29) is 5.56 Å². The molecule has 7 heteroatoms. The van der Waals surface area contributed by atoms with Gasteiger partial charge in [-0.05, 0) is 6.07 Å². The maximum Gasteiger partial charge on any atom is 0.258 e. The number of nitrogens with one attached hydrogen (secondary N) is 1. The van der Waals surface area contributed by atoms with Gasteiger partial charge in [0.05, 0.1) is 36.7 Å². The SMILES string of the molecule is COc1cc(NC(=O)c2ccncc2F)c(OC)cc1Cl. The first kappa shape index (κ1) is 15.1. The van der Waals surface area contributed by atoms with Gasteiger partial charge >= 0.3 is 0 Å². The molecular formula is C14H12ClFN2O3. The van der Waals surface area contributed by atoms with Gasteiger partial charge in [-0.1, -0.05) is 11.6 Å². The molecule has 0 aliphatic carbocycles. The van der Waals surface area contributed by atoms with Crippen molar-refractivity contribution in [1.29, 1.82) is 0 Å². The van der Waals surface area contributed by atoms with Crippen LogP contribution in [0.25, 0.3) is 0 Å². The average molecular weight is 311 g/mol. The minimum absolute atomic E-state index is 0.124. The topological polar surface area (TPSA) is 60.5 Å². The summed E-state index contributed by atoms with van der Waals surface area (Å²) in [6.07, 6.45) is 2.30. The maximum absolute atomic E-state index is 13.5. The van der Waals surface area contributed by atoms with Crippen LogP contribution in [0, 0.1) is 5.82 Å². The van der Waals surface area contributed by atoms with Crippen molar-refractivity contribution < 1.29 is 18.7 Å². The lowest BCUT2D eigenvalue weighted by molar-refractivity contribution is 0.102. The van der Waals surface area contributed by atoms with Crippen LogP contribution < -0.4 is 14.8 Å². The Morgan fingerprint density at radius 3 is 2.62 bits per heavy atom. The number of amides is 1. The molecule has 21 heavy (non-hydrogen) atoms. The first-order valence-electron chi connectivity index (χ1n) is 5.89. The molecule has 110 valence electrons. The lowest BCUT2D eigenvalue weighted by Gasteiger charge is -2.13. The minimum Gasteiger partial charge on any atom is -0.495 e. The standard InChI is InChI=1S/C14H12ClFN2O3/c1-20-12-6-11(13(21-2)5-9(12)15)18-14(19)8-3-4-17-7-10(8)16/h3-7H,1-2H3,(H,18,19). The zero-order valence-corrected chi connectivity index (χ0v) is 12.1. The molecule has 0 spiro atoms. The van der Waals surface area contributed by atoms with Crippen molar-refractivity contribution >= 4 is 23.2 Å². The van der Waals surface area contributed by atoms with Crippen molar-refractivity contribution in [2.24, 2.45) is 0 Å². The normalized spacial score (nSPS) is 10.1. The fourth-order valence-electron chi connectivity index (χ4n) is 1.71.